The third-order valence-electron chi connectivity index (χ3n) is 2.98. The summed E-state index contributed by atoms with van der Waals surface area (Å²) in [5.74, 6) is -0.340. The molecule has 0 fully saturated rings. The van der Waals surface area contributed by atoms with Crippen molar-refractivity contribution in [3.63, 3.8) is 0 Å². The monoisotopic (exact) mass is 338 g/mol. The Hall–Kier alpha value is -1.70. The second-order valence-corrected chi connectivity index (χ2v) is 8.06. The highest BCUT2D eigenvalue weighted by Gasteiger charge is 2.17. The first-order valence-corrected chi connectivity index (χ1v) is 9.14. The topological polar surface area (TPSA) is 75.3 Å². The van der Waals surface area contributed by atoms with Crippen molar-refractivity contribution in [3.05, 3.63) is 52.9 Å². The summed E-state index contributed by atoms with van der Waals surface area (Å²) in [6, 6.07) is 13.0. The van der Waals surface area contributed by atoms with Crippen LogP contribution in [0.25, 0.3) is 0 Å². The van der Waals surface area contributed by atoms with Gasteiger partial charge in [-0.15, -0.1) is 11.3 Å². The normalized spacial score (nSPS) is 11.3. The lowest BCUT2D eigenvalue weighted by Crippen LogP contribution is -2.37. The van der Waals surface area contributed by atoms with E-state index in [1.807, 2.05) is 37.3 Å². The van der Waals surface area contributed by atoms with Crippen LogP contribution >= 0.6 is 11.3 Å². The average Bonchev–Trinajstić information content (AvgIpc) is 2.94. The van der Waals surface area contributed by atoms with Crippen LogP contribution in [0, 0.1) is 6.92 Å². The van der Waals surface area contributed by atoms with Gasteiger partial charge >= 0.3 is 0 Å². The summed E-state index contributed by atoms with van der Waals surface area (Å²) in [6.45, 7) is 2.05. The smallest absolute Gasteiger partial charge is 0.250 e. The van der Waals surface area contributed by atoms with Crippen LogP contribution in [0.1, 0.15) is 10.4 Å². The highest BCUT2D eigenvalue weighted by atomic mass is 32.2. The van der Waals surface area contributed by atoms with E-state index in [0.29, 0.717) is 13.0 Å². The number of carbonyl (C=O) groups is 1. The molecule has 5 nitrogen and oxygen atoms in total. The van der Waals surface area contributed by atoms with Gasteiger partial charge in [0.05, 0.1) is 6.54 Å². The number of aryl methyl sites for hydroxylation is 1. The number of sulfonamides is 1. The molecule has 0 aliphatic carbocycles. The van der Waals surface area contributed by atoms with Crippen molar-refractivity contribution in [1.82, 2.24) is 10.0 Å². The molecule has 0 radical (unpaired) electrons. The number of rotatable bonds is 7. The largest absolute Gasteiger partial charge is 0.355 e. The van der Waals surface area contributed by atoms with E-state index < -0.39 is 10.0 Å². The minimum atomic E-state index is -3.60. The van der Waals surface area contributed by atoms with E-state index in [0.717, 1.165) is 10.4 Å². The summed E-state index contributed by atoms with van der Waals surface area (Å²) in [6.07, 6.45) is 0.712. The molecule has 1 aromatic heterocycles. The Morgan fingerprint density at radius 2 is 1.86 bits per heavy atom. The molecular weight excluding hydrogens is 320 g/mol. The number of hydrogen-bond acceptors (Lipinski definition) is 4. The molecular formula is C15H18N2O3S2. The van der Waals surface area contributed by atoms with Gasteiger partial charge in [0.1, 0.15) is 4.21 Å². The van der Waals surface area contributed by atoms with Crippen molar-refractivity contribution in [2.75, 3.05) is 13.1 Å². The number of thiophene rings is 1. The molecule has 1 heterocycles. The third-order valence-corrected chi connectivity index (χ3v) is 5.88. The standard InChI is InChI=1S/C15H18N2O3S2/c1-12-7-8-15(21-12)22(19,20)17-11-14(18)16-10-9-13-5-3-2-4-6-13/h2-8,17H,9-11H2,1H3,(H,16,18). The summed E-state index contributed by atoms with van der Waals surface area (Å²) in [5.41, 5.74) is 1.12. The molecule has 1 amide bonds. The minimum Gasteiger partial charge on any atom is -0.355 e. The fourth-order valence-electron chi connectivity index (χ4n) is 1.84. The molecule has 118 valence electrons. The van der Waals surface area contributed by atoms with E-state index in [1.165, 1.54) is 17.4 Å². The zero-order chi connectivity index (χ0) is 16.0. The Labute approximate surface area is 134 Å². The van der Waals surface area contributed by atoms with Gasteiger partial charge in [0.25, 0.3) is 10.0 Å². The predicted molar refractivity (Wildman–Crippen MR) is 87.4 cm³/mol. The average molecular weight is 338 g/mol. The summed E-state index contributed by atoms with van der Waals surface area (Å²) < 4.78 is 26.5. The lowest BCUT2D eigenvalue weighted by molar-refractivity contribution is -0.119. The number of benzene rings is 1. The van der Waals surface area contributed by atoms with Gasteiger partial charge in [-0.3, -0.25) is 4.79 Å². The maximum absolute atomic E-state index is 12.0. The van der Waals surface area contributed by atoms with E-state index in [-0.39, 0.29) is 16.7 Å². The highest BCUT2D eigenvalue weighted by molar-refractivity contribution is 7.91. The van der Waals surface area contributed by atoms with Crippen LogP contribution in [0.3, 0.4) is 0 Å². The van der Waals surface area contributed by atoms with Gasteiger partial charge in [-0.2, -0.15) is 0 Å². The zero-order valence-corrected chi connectivity index (χ0v) is 13.8. The van der Waals surface area contributed by atoms with Crippen molar-refractivity contribution in [3.8, 4) is 0 Å². The number of hydrogen-bond donors (Lipinski definition) is 2. The summed E-state index contributed by atoms with van der Waals surface area (Å²) in [7, 11) is -3.60. The Balaban J connectivity index is 1.76. The summed E-state index contributed by atoms with van der Waals surface area (Å²) >= 11 is 1.18. The molecule has 2 rings (SSSR count). The third kappa shape index (κ3) is 4.94. The molecule has 2 aromatic rings. The predicted octanol–water partition coefficient (Wildman–Crippen LogP) is 1.69. The Morgan fingerprint density at radius 1 is 1.14 bits per heavy atom. The van der Waals surface area contributed by atoms with Gasteiger partial charge in [0.2, 0.25) is 5.91 Å². The first-order chi connectivity index (χ1) is 10.5. The number of amides is 1. The molecule has 0 spiro atoms. The van der Waals surface area contributed by atoms with Gasteiger partial charge in [0, 0.05) is 11.4 Å². The molecule has 0 atom stereocenters. The zero-order valence-electron chi connectivity index (χ0n) is 12.2. The lowest BCUT2D eigenvalue weighted by Gasteiger charge is -2.07. The van der Waals surface area contributed by atoms with Crippen LogP contribution in [0.15, 0.2) is 46.7 Å². The van der Waals surface area contributed by atoms with Gasteiger partial charge < -0.3 is 5.32 Å². The van der Waals surface area contributed by atoms with E-state index in [4.69, 9.17) is 0 Å². The Bertz CT molecular complexity index is 724. The molecule has 7 heteroatoms. The van der Waals surface area contributed by atoms with Gasteiger partial charge in [0.15, 0.2) is 0 Å². The van der Waals surface area contributed by atoms with Crippen molar-refractivity contribution in [2.24, 2.45) is 0 Å². The number of carbonyl (C=O) groups excluding carboxylic acids is 1. The number of nitrogens with one attached hydrogen (secondary N) is 2. The SMILES string of the molecule is Cc1ccc(S(=O)(=O)NCC(=O)NCCc2ccccc2)s1. The quantitative estimate of drug-likeness (QED) is 0.807. The van der Waals surface area contributed by atoms with E-state index in [2.05, 4.69) is 10.0 Å². The first kappa shape index (κ1) is 16.7. The molecule has 0 unspecified atom stereocenters. The molecule has 1 aromatic carbocycles. The van der Waals surface area contributed by atoms with Crippen LogP contribution in [0.5, 0.6) is 0 Å². The molecule has 0 bridgehead atoms. The van der Waals surface area contributed by atoms with Crippen molar-refractivity contribution in [1.29, 1.82) is 0 Å². The van der Waals surface area contributed by atoms with Gasteiger partial charge in [-0.05, 0) is 31.0 Å². The maximum Gasteiger partial charge on any atom is 0.250 e. The van der Waals surface area contributed by atoms with Crippen LogP contribution < -0.4 is 10.0 Å². The lowest BCUT2D eigenvalue weighted by atomic mass is 10.1. The highest BCUT2D eigenvalue weighted by Crippen LogP contribution is 2.19. The van der Waals surface area contributed by atoms with E-state index >= 15 is 0 Å². The van der Waals surface area contributed by atoms with Crippen LogP contribution in [0.2, 0.25) is 0 Å². The first-order valence-electron chi connectivity index (χ1n) is 6.84. The maximum atomic E-state index is 12.0. The van der Waals surface area contributed by atoms with Crippen LogP contribution in [-0.2, 0) is 21.2 Å². The van der Waals surface area contributed by atoms with Gasteiger partial charge in [-0.1, -0.05) is 30.3 Å². The molecule has 2 N–H and O–H groups in total. The fraction of sp³-hybridized carbons (Fsp3) is 0.267. The van der Waals surface area contributed by atoms with E-state index in [1.54, 1.807) is 6.07 Å². The van der Waals surface area contributed by atoms with Crippen molar-refractivity contribution >= 4 is 27.3 Å². The second-order valence-electron chi connectivity index (χ2n) is 4.78. The molecule has 22 heavy (non-hydrogen) atoms. The molecule has 0 saturated carbocycles. The fourth-order valence-corrected chi connectivity index (χ4v) is 4.15. The van der Waals surface area contributed by atoms with Crippen molar-refractivity contribution in [2.45, 2.75) is 17.6 Å². The second kappa shape index (κ2) is 7.53. The van der Waals surface area contributed by atoms with Crippen LogP contribution in [0.4, 0.5) is 0 Å². The minimum absolute atomic E-state index is 0.224. The van der Waals surface area contributed by atoms with Crippen molar-refractivity contribution < 1.29 is 13.2 Å². The summed E-state index contributed by atoms with van der Waals surface area (Å²) in [4.78, 5) is 12.6. The van der Waals surface area contributed by atoms with Crippen LogP contribution in [-0.4, -0.2) is 27.4 Å². The molecule has 0 saturated heterocycles. The Morgan fingerprint density at radius 3 is 2.50 bits per heavy atom. The molecule has 0 aliphatic heterocycles. The van der Waals surface area contributed by atoms with Gasteiger partial charge in [-0.25, -0.2) is 13.1 Å². The van der Waals surface area contributed by atoms with E-state index in [9.17, 15) is 13.2 Å². The molecule has 0 aliphatic rings. The Kier molecular flexibility index (Phi) is 5.70. The summed E-state index contributed by atoms with van der Waals surface area (Å²) in [5, 5.41) is 2.70.